The number of ether oxygens (including phenoxy) is 1. The van der Waals surface area contributed by atoms with Crippen LogP contribution < -0.4 is 5.56 Å². The monoisotopic (exact) mass is 433 g/mol. The van der Waals surface area contributed by atoms with Crippen molar-refractivity contribution in [1.82, 2.24) is 24.7 Å². The maximum absolute atomic E-state index is 12.6. The molecule has 162 valence electrons. The fraction of sp³-hybridized carbons (Fsp3) is 0.600. The van der Waals surface area contributed by atoms with E-state index in [1.807, 2.05) is 4.90 Å². The topological polar surface area (TPSA) is 98.8 Å². The third kappa shape index (κ3) is 4.26. The zero-order chi connectivity index (χ0) is 21.3. The molecule has 0 aliphatic carbocycles. The highest BCUT2D eigenvalue weighted by Crippen LogP contribution is 2.27. The van der Waals surface area contributed by atoms with Crippen molar-refractivity contribution in [3.05, 3.63) is 26.6 Å². The standard InChI is InChI=1S/C20H27N5O4S/c1-13-16-18(27)21-14(22-19(16)30-17(13)20(28)29-2)11-23-7-9-24(10-8-23)12-15(26)25-5-3-4-6-25/h3-12H2,1-2H3,(H,21,22,27). The van der Waals surface area contributed by atoms with E-state index in [1.165, 1.54) is 18.4 Å². The quantitative estimate of drug-likeness (QED) is 0.697. The van der Waals surface area contributed by atoms with E-state index in [1.54, 1.807) is 6.92 Å². The summed E-state index contributed by atoms with van der Waals surface area (Å²) in [6.45, 7) is 7.79. The largest absolute Gasteiger partial charge is 0.465 e. The molecule has 0 bridgehead atoms. The van der Waals surface area contributed by atoms with Crippen molar-refractivity contribution in [1.29, 1.82) is 0 Å². The Hall–Kier alpha value is -2.30. The van der Waals surface area contributed by atoms with Gasteiger partial charge in [-0.3, -0.25) is 19.4 Å². The van der Waals surface area contributed by atoms with Crippen LogP contribution in [-0.4, -0.2) is 89.5 Å². The smallest absolute Gasteiger partial charge is 0.348 e. The first kappa shape index (κ1) is 21.0. The number of hydrogen-bond donors (Lipinski definition) is 1. The predicted octanol–water partition coefficient (Wildman–Crippen LogP) is 0.820. The molecule has 30 heavy (non-hydrogen) atoms. The minimum absolute atomic E-state index is 0.228. The molecule has 1 amide bonds. The third-order valence-corrected chi connectivity index (χ3v) is 7.04. The summed E-state index contributed by atoms with van der Waals surface area (Å²) in [7, 11) is 1.33. The number of fused-ring (bicyclic) bond motifs is 1. The lowest BCUT2D eigenvalue weighted by Crippen LogP contribution is -2.49. The first-order valence-corrected chi connectivity index (χ1v) is 11.1. The Balaban J connectivity index is 1.38. The number of aromatic nitrogens is 2. The van der Waals surface area contributed by atoms with Gasteiger partial charge in [-0.05, 0) is 25.3 Å². The number of aryl methyl sites for hydroxylation is 1. The van der Waals surface area contributed by atoms with Gasteiger partial charge in [0.1, 0.15) is 15.5 Å². The summed E-state index contributed by atoms with van der Waals surface area (Å²) in [5.41, 5.74) is 0.382. The van der Waals surface area contributed by atoms with Crippen LogP contribution in [0.1, 0.15) is 33.9 Å². The van der Waals surface area contributed by atoms with Crippen molar-refractivity contribution in [3.8, 4) is 0 Å². The lowest BCUT2D eigenvalue weighted by Gasteiger charge is -2.34. The predicted molar refractivity (Wildman–Crippen MR) is 114 cm³/mol. The van der Waals surface area contributed by atoms with Gasteiger partial charge in [-0.25, -0.2) is 9.78 Å². The van der Waals surface area contributed by atoms with Crippen molar-refractivity contribution in [2.24, 2.45) is 0 Å². The minimum Gasteiger partial charge on any atom is -0.465 e. The number of carbonyl (C=O) groups is 2. The molecule has 10 heteroatoms. The highest BCUT2D eigenvalue weighted by molar-refractivity contribution is 7.20. The van der Waals surface area contributed by atoms with Gasteiger partial charge in [0, 0.05) is 39.3 Å². The number of likely N-dealkylation sites (tertiary alicyclic amines) is 1. The Kier molecular flexibility index (Phi) is 6.16. The van der Waals surface area contributed by atoms with E-state index in [-0.39, 0.29) is 11.5 Å². The summed E-state index contributed by atoms with van der Waals surface area (Å²) in [6.07, 6.45) is 2.22. The van der Waals surface area contributed by atoms with Crippen LogP contribution >= 0.6 is 11.3 Å². The van der Waals surface area contributed by atoms with Crippen LogP contribution in [0.4, 0.5) is 0 Å². The molecule has 2 aliphatic rings. The molecule has 2 aromatic rings. The number of H-pyrrole nitrogens is 1. The van der Waals surface area contributed by atoms with Gasteiger partial charge in [-0.15, -0.1) is 11.3 Å². The van der Waals surface area contributed by atoms with Crippen LogP contribution in [0, 0.1) is 6.92 Å². The van der Waals surface area contributed by atoms with Crippen molar-refractivity contribution >= 4 is 33.4 Å². The third-order valence-electron chi connectivity index (χ3n) is 5.88. The lowest BCUT2D eigenvalue weighted by atomic mass is 10.2. The molecular formula is C20H27N5O4S. The summed E-state index contributed by atoms with van der Waals surface area (Å²) in [5, 5.41) is 0.453. The molecule has 0 saturated carbocycles. The first-order valence-electron chi connectivity index (χ1n) is 10.3. The Morgan fingerprint density at radius 3 is 2.43 bits per heavy atom. The van der Waals surface area contributed by atoms with Gasteiger partial charge in [-0.2, -0.15) is 0 Å². The van der Waals surface area contributed by atoms with Gasteiger partial charge in [0.15, 0.2) is 0 Å². The number of esters is 1. The van der Waals surface area contributed by atoms with Gasteiger partial charge < -0.3 is 14.6 Å². The van der Waals surface area contributed by atoms with Crippen molar-refractivity contribution < 1.29 is 14.3 Å². The fourth-order valence-electron chi connectivity index (χ4n) is 4.13. The normalized spacial score (nSPS) is 18.3. The molecule has 0 atom stereocenters. The second-order valence-electron chi connectivity index (χ2n) is 7.88. The summed E-state index contributed by atoms with van der Waals surface area (Å²) in [6, 6.07) is 0. The van der Waals surface area contributed by atoms with E-state index in [2.05, 4.69) is 19.8 Å². The minimum atomic E-state index is -0.448. The van der Waals surface area contributed by atoms with E-state index >= 15 is 0 Å². The Bertz CT molecular complexity index is 1000. The van der Waals surface area contributed by atoms with Crippen molar-refractivity contribution in [2.45, 2.75) is 26.3 Å². The second-order valence-corrected chi connectivity index (χ2v) is 8.88. The zero-order valence-corrected chi connectivity index (χ0v) is 18.2. The highest BCUT2D eigenvalue weighted by Gasteiger charge is 2.24. The van der Waals surface area contributed by atoms with E-state index < -0.39 is 5.97 Å². The molecule has 0 unspecified atom stereocenters. The summed E-state index contributed by atoms with van der Waals surface area (Å²) in [5.74, 6) is 0.370. The highest BCUT2D eigenvalue weighted by atomic mass is 32.1. The van der Waals surface area contributed by atoms with E-state index in [0.717, 1.165) is 52.1 Å². The number of thiophene rings is 1. The maximum atomic E-state index is 12.6. The Labute approximate surface area is 178 Å². The number of methoxy groups -OCH3 is 1. The molecule has 2 fully saturated rings. The van der Waals surface area contributed by atoms with Crippen LogP contribution in [-0.2, 0) is 16.1 Å². The molecule has 2 aliphatic heterocycles. The van der Waals surface area contributed by atoms with Crippen LogP contribution in [0.3, 0.4) is 0 Å². The van der Waals surface area contributed by atoms with Gasteiger partial charge in [0.2, 0.25) is 5.91 Å². The van der Waals surface area contributed by atoms with E-state index in [4.69, 9.17) is 4.74 Å². The Morgan fingerprint density at radius 2 is 1.77 bits per heavy atom. The second kappa shape index (κ2) is 8.83. The first-order chi connectivity index (χ1) is 14.5. The molecule has 0 radical (unpaired) electrons. The van der Waals surface area contributed by atoms with Gasteiger partial charge in [-0.1, -0.05) is 0 Å². The number of nitrogens with one attached hydrogen (secondary N) is 1. The van der Waals surface area contributed by atoms with Gasteiger partial charge in [0.05, 0.1) is 25.6 Å². The molecule has 4 rings (SSSR count). The molecule has 9 nitrogen and oxygen atoms in total. The van der Waals surface area contributed by atoms with Gasteiger partial charge in [0.25, 0.3) is 5.56 Å². The number of rotatable bonds is 5. The van der Waals surface area contributed by atoms with Crippen LogP contribution in [0.25, 0.3) is 10.2 Å². The molecule has 0 spiro atoms. The fourth-order valence-corrected chi connectivity index (χ4v) is 5.24. The molecule has 4 heterocycles. The summed E-state index contributed by atoms with van der Waals surface area (Å²) in [4.78, 5) is 51.6. The zero-order valence-electron chi connectivity index (χ0n) is 17.4. The number of hydrogen-bond acceptors (Lipinski definition) is 8. The summed E-state index contributed by atoms with van der Waals surface area (Å²) >= 11 is 1.19. The number of piperazine rings is 1. The van der Waals surface area contributed by atoms with Gasteiger partial charge >= 0.3 is 5.97 Å². The summed E-state index contributed by atoms with van der Waals surface area (Å²) < 4.78 is 4.80. The molecule has 1 N–H and O–H groups in total. The van der Waals surface area contributed by atoms with Crippen LogP contribution in [0.15, 0.2) is 4.79 Å². The molecule has 0 aromatic carbocycles. The van der Waals surface area contributed by atoms with Crippen LogP contribution in [0.2, 0.25) is 0 Å². The maximum Gasteiger partial charge on any atom is 0.348 e. The van der Waals surface area contributed by atoms with E-state index in [9.17, 15) is 14.4 Å². The average Bonchev–Trinajstić information content (AvgIpc) is 3.37. The Morgan fingerprint density at radius 1 is 1.10 bits per heavy atom. The van der Waals surface area contributed by atoms with Crippen LogP contribution in [0.5, 0.6) is 0 Å². The molecule has 2 saturated heterocycles. The average molecular weight is 434 g/mol. The number of carbonyl (C=O) groups excluding carboxylic acids is 2. The number of aromatic amines is 1. The molecular weight excluding hydrogens is 406 g/mol. The number of amides is 1. The molecule has 2 aromatic heterocycles. The SMILES string of the molecule is COC(=O)c1sc2nc(CN3CCN(CC(=O)N4CCCC4)CC3)[nH]c(=O)c2c1C. The van der Waals surface area contributed by atoms with E-state index in [0.29, 0.717) is 39.6 Å². The number of nitrogens with zero attached hydrogens (tertiary/aromatic N) is 4. The lowest BCUT2D eigenvalue weighted by molar-refractivity contribution is -0.131. The van der Waals surface area contributed by atoms with Crippen molar-refractivity contribution in [3.63, 3.8) is 0 Å². The van der Waals surface area contributed by atoms with Crippen molar-refractivity contribution in [2.75, 3.05) is 52.9 Å².